The Labute approximate surface area is 366 Å². The number of anilines is 3. The third-order valence-electron chi connectivity index (χ3n) is 12.4. The van der Waals surface area contributed by atoms with Gasteiger partial charge in [-0.3, -0.25) is 0 Å². The maximum atomic E-state index is 6.73. The van der Waals surface area contributed by atoms with Gasteiger partial charge in [0.2, 0.25) is 0 Å². The summed E-state index contributed by atoms with van der Waals surface area (Å²) in [5, 5.41) is 4.74. The number of nitrogens with zero attached hydrogens (tertiary/aromatic N) is 2. The van der Waals surface area contributed by atoms with E-state index in [1.54, 1.807) is 0 Å². The summed E-state index contributed by atoms with van der Waals surface area (Å²) in [5.74, 6) is 0. The van der Waals surface area contributed by atoms with Crippen molar-refractivity contribution in [2.24, 2.45) is 0 Å². The fraction of sp³-hybridized carbons (Fsp3) is 0. The number of benzene rings is 10. The minimum absolute atomic E-state index is 0.868. The Morgan fingerprint density at radius 3 is 1.41 bits per heavy atom. The molecule has 0 aliphatic rings. The summed E-state index contributed by atoms with van der Waals surface area (Å²) in [7, 11) is 0. The molecular formula is C60H40N2O. The van der Waals surface area contributed by atoms with E-state index >= 15 is 0 Å². The lowest BCUT2D eigenvalue weighted by atomic mass is 9.95. The topological polar surface area (TPSA) is 21.3 Å². The van der Waals surface area contributed by atoms with Crippen molar-refractivity contribution < 1.29 is 4.42 Å². The van der Waals surface area contributed by atoms with Gasteiger partial charge in [0.25, 0.3) is 0 Å². The maximum Gasteiger partial charge on any atom is 0.143 e. The Hall–Kier alpha value is -8.40. The summed E-state index contributed by atoms with van der Waals surface area (Å²) < 4.78 is 9.10. The van der Waals surface area contributed by atoms with E-state index in [0.29, 0.717) is 0 Å². The molecule has 0 saturated carbocycles. The number of hydrogen-bond donors (Lipinski definition) is 0. The molecule has 0 spiro atoms. The second kappa shape index (κ2) is 15.3. The van der Waals surface area contributed by atoms with Crippen LogP contribution in [0.5, 0.6) is 0 Å². The molecule has 0 atom stereocenters. The quantitative estimate of drug-likeness (QED) is 0.153. The SMILES string of the molecule is c1ccc(-c2ccc(N(c3ccc(-c4ccc(-n5c6ccccc6c6ccccc65)cc4)cc3)c3ccccc3-c3cccc4oc5c(-c6ccccc6)cccc5c34)cc2)cc1. The number of hydrogen-bond acceptors (Lipinski definition) is 2. The van der Waals surface area contributed by atoms with E-state index < -0.39 is 0 Å². The largest absolute Gasteiger partial charge is 0.455 e. The van der Waals surface area contributed by atoms with Gasteiger partial charge >= 0.3 is 0 Å². The molecule has 12 aromatic rings. The van der Waals surface area contributed by atoms with E-state index in [2.05, 4.69) is 252 Å². The molecule has 12 rings (SSSR count). The number of para-hydroxylation sites is 4. The van der Waals surface area contributed by atoms with Gasteiger partial charge in [0.1, 0.15) is 11.2 Å². The Balaban J connectivity index is 0.966. The first-order valence-electron chi connectivity index (χ1n) is 21.5. The van der Waals surface area contributed by atoms with E-state index in [1.807, 2.05) is 0 Å². The molecule has 0 bridgehead atoms. The van der Waals surface area contributed by atoms with Crippen molar-refractivity contribution in [2.45, 2.75) is 0 Å². The van der Waals surface area contributed by atoms with Crippen molar-refractivity contribution in [3.05, 3.63) is 243 Å². The summed E-state index contributed by atoms with van der Waals surface area (Å²) >= 11 is 0. The van der Waals surface area contributed by atoms with Gasteiger partial charge in [-0.25, -0.2) is 0 Å². The summed E-state index contributed by atoms with van der Waals surface area (Å²) in [6.45, 7) is 0. The van der Waals surface area contributed by atoms with Crippen LogP contribution >= 0.6 is 0 Å². The van der Waals surface area contributed by atoms with E-state index in [1.165, 1.54) is 38.5 Å². The van der Waals surface area contributed by atoms with Crippen LogP contribution in [0.3, 0.4) is 0 Å². The third-order valence-corrected chi connectivity index (χ3v) is 12.4. The highest BCUT2D eigenvalue weighted by atomic mass is 16.3. The molecule has 2 aromatic heterocycles. The van der Waals surface area contributed by atoms with Gasteiger partial charge in [0, 0.05) is 49.7 Å². The molecule has 0 N–H and O–H groups in total. The van der Waals surface area contributed by atoms with Crippen LogP contribution in [0, 0.1) is 0 Å². The maximum absolute atomic E-state index is 6.73. The Bertz CT molecular complexity index is 3530. The van der Waals surface area contributed by atoms with Crippen LogP contribution in [0.25, 0.3) is 93.9 Å². The molecule has 0 amide bonds. The zero-order chi connectivity index (χ0) is 41.7. The first-order valence-corrected chi connectivity index (χ1v) is 21.5. The number of aromatic nitrogens is 1. The molecule has 0 fully saturated rings. The molecule has 2 heterocycles. The summed E-state index contributed by atoms with van der Waals surface area (Å²) in [5.41, 5.74) is 17.7. The first kappa shape index (κ1) is 36.5. The zero-order valence-corrected chi connectivity index (χ0v) is 34.4. The van der Waals surface area contributed by atoms with Crippen LogP contribution in [0.1, 0.15) is 0 Å². The highest BCUT2D eigenvalue weighted by molar-refractivity contribution is 6.16. The Kier molecular flexibility index (Phi) is 8.83. The molecular weight excluding hydrogens is 765 g/mol. The highest BCUT2D eigenvalue weighted by Crippen LogP contribution is 2.46. The van der Waals surface area contributed by atoms with Gasteiger partial charge in [-0.1, -0.05) is 182 Å². The van der Waals surface area contributed by atoms with Gasteiger partial charge < -0.3 is 13.9 Å². The summed E-state index contributed by atoms with van der Waals surface area (Å²) in [4.78, 5) is 2.38. The van der Waals surface area contributed by atoms with Crippen LogP contribution in [0.4, 0.5) is 17.1 Å². The molecule has 3 heteroatoms. The molecule has 296 valence electrons. The van der Waals surface area contributed by atoms with Crippen molar-refractivity contribution in [1.82, 2.24) is 4.57 Å². The summed E-state index contributed by atoms with van der Waals surface area (Å²) in [6, 6.07) is 86.9. The fourth-order valence-corrected chi connectivity index (χ4v) is 9.48. The van der Waals surface area contributed by atoms with E-state index in [9.17, 15) is 0 Å². The molecule has 10 aromatic carbocycles. The lowest BCUT2D eigenvalue weighted by Gasteiger charge is -2.28. The van der Waals surface area contributed by atoms with Crippen LogP contribution < -0.4 is 4.90 Å². The second-order valence-corrected chi connectivity index (χ2v) is 16.1. The third kappa shape index (κ3) is 6.29. The van der Waals surface area contributed by atoms with Crippen LogP contribution in [-0.4, -0.2) is 4.57 Å². The van der Waals surface area contributed by atoms with Crippen molar-refractivity contribution in [2.75, 3.05) is 4.90 Å². The molecule has 0 aliphatic heterocycles. The molecule has 63 heavy (non-hydrogen) atoms. The zero-order valence-electron chi connectivity index (χ0n) is 34.4. The molecule has 0 unspecified atom stereocenters. The van der Waals surface area contributed by atoms with Crippen LogP contribution in [0.2, 0.25) is 0 Å². The van der Waals surface area contributed by atoms with Gasteiger partial charge in [-0.15, -0.1) is 0 Å². The minimum atomic E-state index is 0.868. The lowest BCUT2D eigenvalue weighted by molar-refractivity contribution is 0.670. The van der Waals surface area contributed by atoms with E-state index in [-0.39, 0.29) is 0 Å². The van der Waals surface area contributed by atoms with Crippen molar-refractivity contribution in [3.63, 3.8) is 0 Å². The van der Waals surface area contributed by atoms with Gasteiger partial charge in [0.15, 0.2) is 0 Å². The van der Waals surface area contributed by atoms with Crippen LogP contribution in [0.15, 0.2) is 247 Å². The predicted molar refractivity (Wildman–Crippen MR) is 264 cm³/mol. The van der Waals surface area contributed by atoms with Gasteiger partial charge in [0.05, 0.1) is 16.7 Å². The molecule has 0 aliphatic carbocycles. The van der Waals surface area contributed by atoms with Crippen LogP contribution in [-0.2, 0) is 0 Å². The molecule has 0 saturated heterocycles. The van der Waals surface area contributed by atoms with Crippen molar-refractivity contribution >= 4 is 60.8 Å². The predicted octanol–water partition coefficient (Wildman–Crippen LogP) is 16.8. The number of rotatable bonds is 8. The van der Waals surface area contributed by atoms with E-state index in [0.717, 1.165) is 72.5 Å². The van der Waals surface area contributed by atoms with E-state index in [4.69, 9.17) is 4.42 Å². The number of fused-ring (bicyclic) bond motifs is 6. The standard InChI is InChI=1S/C60H40N2O/c1-3-15-41(16-4-1)42-29-35-46(36-30-42)61(47-37-31-43(32-38-47)44-33-39-48(40-34-44)62-56-26-11-7-19-50(56)51-20-8-12-27-57(51)62)55-25-10-9-21-52(55)53-23-14-28-58-59(53)54-24-13-22-49(60(54)63-58)45-17-5-2-6-18-45/h1-40H. The smallest absolute Gasteiger partial charge is 0.143 e. The molecule has 0 radical (unpaired) electrons. The number of furan rings is 1. The average molecular weight is 805 g/mol. The van der Waals surface area contributed by atoms with Gasteiger partial charge in [-0.05, 0) is 94.0 Å². The summed E-state index contributed by atoms with van der Waals surface area (Å²) in [6.07, 6.45) is 0. The van der Waals surface area contributed by atoms with Crippen molar-refractivity contribution in [1.29, 1.82) is 0 Å². The normalized spacial score (nSPS) is 11.5. The first-order chi connectivity index (χ1) is 31.3. The van der Waals surface area contributed by atoms with Gasteiger partial charge in [-0.2, -0.15) is 0 Å². The minimum Gasteiger partial charge on any atom is -0.455 e. The highest BCUT2D eigenvalue weighted by Gasteiger charge is 2.22. The monoisotopic (exact) mass is 804 g/mol. The van der Waals surface area contributed by atoms with Crippen molar-refractivity contribution in [3.8, 4) is 50.2 Å². The second-order valence-electron chi connectivity index (χ2n) is 16.1. The lowest BCUT2D eigenvalue weighted by Crippen LogP contribution is -2.11. The fourth-order valence-electron chi connectivity index (χ4n) is 9.48. The average Bonchev–Trinajstić information content (AvgIpc) is 3.92. The molecule has 3 nitrogen and oxygen atoms in total. The Morgan fingerprint density at radius 2 is 0.778 bits per heavy atom. The Morgan fingerprint density at radius 1 is 0.317 bits per heavy atom.